The molecule has 0 atom stereocenters. The van der Waals surface area contributed by atoms with Gasteiger partial charge in [-0.2, -0.15) is 0 Å². The van der Waals surface area contributed by atoms with Crippen molar-refractivity contribution >= 4 is 11.8 Å². The Balaban J connectivity index is 3.97. The summed E-state index contributed by atoms with van der Waals surface area (Å²) in [6.07, 6.45) is 4.09. The summed E-state index contributed by atoms with van der Waals surface area (Å²) < 4.78 is 0. The molecule has 4 nitrogen and oxygen atoms in total. The molecule has 100 valence electrons. The minimum absolute atomic E-state index is 0.000425. The Bertz CT molecular complexity index is 218. The molecule has 0 aliphatic carbocycles. The Hall–Kier alpha value is -1.06. The maximum Gasteiger partial charge on any atom is 0.231 e. The second-order valence-corrected chi connectivity index (χ2v) is 4.51. The topological polar surface area (TPSA) is 40.6 Å². The van der Waals surface area contributed by atoms with E-state index in [9.17, 15) is 9.59 Å². The maximum atomic E-state index is 11.7. The van der Waals surface area contributed by atoms with E-state index in [0.29, 0.717) is 0 Å². The fourth-order valence-corrected chi connectivity index (χ4v) is 1.44. The van der Waals surface area contributed by atoms with Crippen molar-refractivity contribution in [2.24, 2.45) is 0 Å². The number of carbonyl (C=O) groups is 2. The maximum absolute atomic E-state index is 11.7. The van der Waals surface area contributed by atoms with E-state index in [-0.39, 0.29) is 18.2 Å². The summed E-state index contributed by atoms with van der Waals surface area (Å²) in [6.45, 7) is 5.65. The molecule has 0 fully saturated rings. The van der Waals surface area contributed by atoms with Crippen LogP contribution in [0.5, 0.6) is 0 Å². The SMILES string of the molecule is CCCCN(C)C(=O)CC(=O)N(C)CCCC. The zero-order valence-corrected chi connectivity index (χ0v) is 11.7. The molecule has 0 bridgehead atoms. The average Bonchev–Trinajstić information content (AvgIpc) is 2.32. The quantitative estimate of drug-likeness (QED) is 0.610. The Kier molecular flexibility index (Phi) is 8.46. The minimum Gasteiger partial charge on any atom is -0.345 e. The molecule has 0 spiro atoms. The summed E-state index contributed by atoms with van der Waals surface area (Å²) in [5.74, 6) is -0.154. The van der Waals surface area contributed by atoms with Crippen molar-refractivity contribution in [3.05, 3.63) is 0 Å². The summed E-state index contributed by atoms with van der Waals surface area (Å²) in [5.41, 5.74) is 0. The van der Waals surface area contributed by atoms with Crippen molar-refractivity contribution in [1.82, 2.24) is 9.80 Å². The van der Waals surface area contributed by atoms with Gasteiger partial charge in [0.05, 0.1) is 0 Å². The predicted octanol–water partition coefficient (Wildman–Crippen LogP) is 1.89. The molecular formula is C13H26N2O2. The summed E-state index contributed by atoms with van der Waals surface area (Å²) in [6, 6.07) is 0. The molecule has 0 aromatic heterocycles. The molecule has 2 amide bonds. The van der Waals surface area contributed by atoms with Gasteiger partial charge in [-0.25, -0.2) is 0 Å². The Morgan fingerprint density at radius 2 is 1.18 bits per heavy atom. The second kappa shape index (κ2) is 9.02. The molecule has 17 heavy (non-hydrogen) atoms. The molecule has 0 N–H and O–H groups in total. The molecule has 0 saturated heterocycles. The van der Waals surface area contributed by atoms with Gasteiger partial charge in [-0.05, 0) is 12.8 Å². The van der Waals surface area contributed by atoms with E-state index < -0.39 is 0 Å². The van der Waals surface area contributed by atoms with Crippen molar-refractivity contribution in [3.8, 4) is 0 Å². The molecule has 0 unspecified atom stereocenters. The molecular weight excluding hydrogens is 216 g/mol. The highest BCUT2D eigenvalue weighted by Crippen LogP contribution is 2.00. The third kappa shape index (κ3) is 6.97. The number of unbranched alkanes of at least 4 members (excludes halogenated alkanes) is 2. The van der Waals surface area contributed by atoms with Gasteiger partial charge >= 0.3 is 0 Å². The van der Waals surface area contributed by atoms with Crippen molar-refractivity contribution in [2.45, 2.75) is 46.0 Å². The molecule has 0 aromatic rings. The van der Waals surface area contributed by atoms with E-state index in [0.717, 1.165) is 38.8 Å². The predicted molar refractivity (Wildman–Crippen MR) is 69.7 cm³/mol. The highest BCUT2D eigenvalue weighted by atomic mass is 16.2. The Morgan fingerprint density at radius 3 is 1.47 bits per heavy atom. The van der Waals surface area contributed by atoms with Gasteiger partial charge < -0.3 is 9.80 Å². The highest BCUT2D eigenvalue weighted by Gasteiger charge is 2.16. The number of amides is 2. The molecule has 0 aliphatic rings. The third-order valence-corrected chi connectivity index (χ3v) is 2.85. The first-order chi connectivity index (χ1) is 8.02. The normalized spacial score (nSPS) is 10.1. The monoisotopic (exact) mass is 242 g/mol. The summed E-state index contributed by atoms with van der Waals surface area (Å²) in [7, 11) is 3.52. The first-order valence-corrected chi connectivity index (χ1v) is 6.50. The zero-order chi connectivity index (χ0) is 13.3. The van der Waals surface area contributed by atoms with Gasteiger partial charge in [0.15, 0.2) is 0 Å². The van der Waals surface area contributed by atoms with Crippen LogP contribution in [-0.2, 0) is 9.59 Å². The standard InChI is InChI=1S/C13H26N2O2/c1-5-7-9-14(3)12(16)11-13(17)15(4)10-8-6-2/h5-11H2,1-4H3. The first kappa shape index (κ1) is 15.9. The van der Waals surface area contributed by atoms with E-state index in [1.165, 1.54) is 0 Å². The lowest BCUT2D eigenvalue weighted by atomic mass is 10.2. The van der Waals surface area contributed by atoms with E-state index in [4.69, 9.17) is 0 Å². The summed E-state index contributed by atoms with van der Waals surface area (Å²) >= 11 is 0. The van der Waals surface area contributed by atoms with Crippen molar-refractivity contribution in [3.63, 3.8) is 0 Å². The van der Waals surface area contributed by atoms with Crippen LogP contribution >= 0.6 is 0 Å². The van der Waals surface area contributed by atoms with Crippen LogP contribution in [0.15, 0.2) is 0 Å². The molecule has 0 heterocycles. The second-order valence-electron chi connectivity index (χ2n) is 4.51. The molecule has 4 heteroatoms. The Labute approximate surface area is 105 Å². The lowest BCUT2D eigenvalue weighted by Gasteiger charge is -2.20. The fraction of sp³-hybridized carbons (Fsp3) is 0.846. The van der Waals surface area contributed by atoms with Gasteiger partial charge in [0, 0.05) is 27.2 Å². The van der Waals surface area contributed by atoms with Gasteiger partial charge in [0.2, 0.25) is 11.8 Å². The van der Waals surface area contributed by atoms with Crippen LogP contribution in [0.3, 0.4) is 0 Å². The number of rotatable bonds is 8. The first-order valence-electron chi connectivity index (χ1n) is 6.50. The highest BCUT2D eigenvalue weighted by molar-refractivity contribution is 5.96. The van der Waals surface area contributed by atoms with Crippen LogP contribution in [0.25, 0.3) is 0 Å². The van der Waals surface area contributed by atoms with E-state index in [1.54, 1.807) is 23.9 Å². The van der Waals surface area contributed by atoms with Gasteiger partial charge in [-0.1, -0.05) is 26.7 Å². The molecule has 0 saturated carbocycles. The average molecular weight is 242 g/mol. The van der Waals surface area contributed by atoms with E-state index >= 15 is 0 Å². The minimum atomic E-state index is -0.0770. The van der Waals surface area contributed by atoms with Crippen LogP contribution in [0, 0.1) is 0 Å². The van der Waals surface area contributed by atoms with Gasteiger partial charge in [-0.15, -0.1) is 0 Å². The van der Waals surface area contributed by atoms with Crippen LogP contribution in [-0.4, -0.2) is 48.8 Å². The Morgan fingerprint density at radius 1 is 0.824 bits per heavy atom. The van der Waals surface area contributed by atoms with E-state index in [1.807, 2.05) is 0 Å². The zero-order valence-electron chi connectivity index (χ0n) is 11.7. The van der Waals surface area contributed by atoms with Crippen LogP contribution in [0.1, 0.15) is 46.0 Å². The fourth-order valence-electron chi connectivity index (χ4n) is 1.44. The van der Waals surface area contributed by atoms with Crippen LogP contribution in [0.4, 0.5) is 0 Å². The van der Waals surface area contributed by atoms with Gasteiger partial charge in [-0.3, -0.25) is 9.59 Å². The number of hydrogen-bond acceptors (Lipinski definition) is 2. The summed E-state index contributed by atoms with van der Waals surface area (Å²) in [5, 5.41) is 0. The van der Waals surface area contributed by atoms with Crippen molar-refractivity contribution in [2.75, 3.05) is 27.2 Å². The lowest BCUT2D eigenvalue weighted by Crippen LogP contribution is -2.35. The summed E-state index contributed by atoms with van der Waals surface area (Å²) in [4.78, 5) is 26.7. The lowest BCUT2D eigenvalue weighted by molar-refractivity contribution is -0.139. The van der Waals surface area contributed by atoms with Crippen molar-refractivity contribution < 1.29 is 9.59 Å². The molecule has 0 aliphatic heterocycles. The van der Waals surface area contributed by atoms with Crippen molar-refractivity contribution in [1.29, 1.82) is 0 Å². The molecule has 0 radical (unpaired) electrons. The number of nitrogens with zero attached hydrogens (tertiary/aromatic N) is 2. The van der Waals surface area contributed by atoms with E-state index in [2.05, 4.69) is 13.8 Å². The molecule has 0 rings (SSSR count). The molecule has 0 aromatic carbocycles. The third-order valence-electron chi connectivity index (χ3n) is 2.85. The smallest absolute Gasteiger partial charge is 0.231 e. The largest absolute Gasteiger partial charge is 0.345 e. The number of hydrogen-bond donors (Lipinski definition) is 0. The number of carbonyl (C=O) groups excluding carboxylic acids is 2. The van der Waals surface area contributed by atoms with Gasteiger partial charge in [0.25, 0.3) is 0 Å². The van der Waals surface area contributed by atoms with Gasteiger partial charge in [0.1, 0.15) is 6.42 Å². The van der Waals surface area contributed by atoms with Crippen LogP contribution in [0.2, 0.25) is 0 Å². The van der Waals surface area contributed by atoms with Crippen LogP contribution < -0.4 is 0 Å².